The van der Waals surface area contributed by atoms with Crippen LogP contribution in [-0.2, 0) is 9.47 Å². The monoisotopic (exact) mass is 143 g/mol. The standard InChI is InChI=1S/C7H13NO2/c8-3-5-4-10-6-1-2-9-7(5)6/h5-7H,1-4,8H2/t5-,6?,7?/m1/s1. The van der Waals surface area contributed by atoms with E-state index in [1.807, 2.05) is 0 Å². The third-order valence-electron chi connectivity index (χ3n) is 2.37. The maximum Gasteiger partial charge on any atom is 0.0899 e. The Labute approximate surface area is 60.5 Å². The highest BCUT2D eigenvalue weighted by molar-refractivity contribution is 4.88. The minimum absolute atomic E-state index is 0.310. The van der Waals surface area contributed by atoms with Gasteiger partial charge in [-0.05, 0) is 13.0 Å². The van der Waals surface area contributed by atoms with Crippen LogP contribution in [0, 0.1) is 5.92 Å². The Bertz CT molecular complexity index is 129. The average molecular weight is 143 g/mol. The van der Waals surface area contributed by atoms with E-state index < -0.39 is 0 Å². The molecule has 2 N–H and O–H groups in total. The lowest BCUT2D eigenvalue weighted by atomic mass is 10.0. The highest BCUT2D eigenvalue weighted by Crippen LogP contribution is 2.29. The van der Waals surface area contributed by atoms with Crippen molar-refractivity contribution in [2.24, 2.45) is 11.7 Å². The predicted molar refractivity (Wildman–Crippen MR) is 36.6 cm³/mol. The first-order valence-electron chi connectivity index (χ1n) is 3.85. The summed E-state index contributed by atoms with van der Waals surface area (Å²) in [6.07, 6.45) is 1.72. The van der Waals surface area contributed by atoms with Crippen LogP contribution in [0.15, 0.2) is 0 Å². The van der Waals surface area contributed by atoms with E-state index >= 15 is 0 Å². The van der Waals surface area contributed by atoms with Gasteiger partial charge in [0.1, 0.15) is 0 Å². The van der Waals surface area contributed by atoms with Crippen LogP contribution in [0.1, 0.15) is 6.42 Å². The summed E-state index contributed by atoms with van der Waals surface area (Å²) < 4.78 is 11.0. The molecular weight excluding hydrogens is 130 g/mol. The fraction of sp³-hybridized carbons (Fsp3) is 1.00. The Morgan fingerprint density at radius 2 is 2.30 bits per heavy atom. The van der Waals surface area contributed by atoms with Crippen molar-refractivity contribution in [1.82, 2.24) is 0 Å². The first-order valence-corrected chi connectivity index (χ1v) is 3.85. The van der Waals surface area contributed by atoms with Gasteiger partial charge in [0.2, 0.25) is 0 Å². The molecule has 0 radical (unpaired) electrons. The normalized spacial score (nSPS) is 45.9. The van der Waals surface area contributed by atoms with Crippen LogP contribution in [0.25, 0.3) is 0 Å². The smallest absolute Gasteiger partial charge is 0.0899 e. The molecule has 0 aliphatic carbocycles. The van der Waals surface area contributed by atoms with Gasteiger partial charge < -0.3 is 15.2 Å². The van der Waals surface area contributed by atoms with Gasteiger partial charge in [-0.15, -0.1) is 0 Å². The number of rotatable bonds is 1. The highest BCUT2D eigenvalue weighted by atomic mass is 16.6. The van der Waals surface area contributed by atoms with Crippen molar-refractivity contribution >= 4 is 0 Å². The lowest BCUT2D eigenvalue weighted by Gasteiger charge is -2.12. The maximum absolute atomic E-state index is 5.53. The minimum atomic E-state index is 0.310. The van der Waals surface area contributed by atoms with Gasteiger partial charge >= 0.3 is 0 Å². The van der Waals surface area contributed by atoms with Crippen LogP contribution in [-0.4, -0.2) is 32.0 Å². The summed E-state index contributed by atoms with van der Waals surface area (Å²) in [6.45, 7) is 2.35. The van der Waals surface area contributed by atoms with Crippen LogP contribution < -0.4 is 5.73 Å². The molecule has 2 heterocycles. The molecule has 0 spiro atoms. The molecule has 2 aliphatic rings. The van der Waals surface area contributed by atoms with Crippen molar-refractivity contribution < 1.29 is 9.47 Å². The quantitative estimate of drug-likeness (QED) is 0.550. The first kappa shape index (κ1) is 6.58. The van der Waals surface area contributed by atoms with Crippen molar-refractivity contribution in [2.45, 2.75) is 18.6 Å². The van der Waals surface area contributed by atoms with Crippen LogP contribution in [0.4, 0.5) is 0 Å². The van der Waals surface area contributed by atoms with Gasteiger partial charge in [-0.3, -0.25) is 0 Å². The molecule has 0 bridgehead atoms. The molecule has 0 aromatic rings. The molecule has 3 heteroatoms. The van der Waals surface area contributed by atoms with Crippen molar-refractivity contribution in [3.05, 3.63) is 0 Å². The summed E-state index contributed by atoms with van der Waals surface area (Å²) in [5.41, 5.74) is 5.53. The van der Waals surface area contributed by atoms with Crippen molar-refractivity contribution in [3.8, 4) is 0 Å². The fourth-order valence-corrected chi connectivity index (χ4v) is 1.75. The number of fused-ring (bicyclic) bond motifs is 1. The Hall–Kier alpha value is -0.120. The largest absolute Gasteiger partial charge is 0.375 e. The zero-order chi connectivity index (χ0) is 6.97. The van der Waals surface area contributed by atoms with E-state index in [0.29, 0.717) is 24.7 Å². The summed E-state index contributed by atoms with van der Waals surface area (Å²) in [6, 6.07) is 0. The summed E-state index contributed by atoms with van der Waals surface area (Å²) in [4.78, 5) is 0. The van der Waals surface area contributed by atoms with Gasteiger partial charge in [0.25, 0.3) is 0 Å². The highest BCUT2D eigenvalue weighted by Gasteiger charge is 2.40. The summed E-state index contributed by atoms with van der Waals surface area (Å²) >= 11 is 0. The van der Waals surface area contributed by atoms with E-state index in [1.54, 1.807) is 0 Å². The number of hydrogen-bond acceptors (Lipinski definition) is 3. The summed E-state index contributed by atoms with van der Waals surface area (Å²) in [5.74, 6) is 0.451. The van der Waals surface area contributed by atoms with Crippen molar-refractivity contribution in [2.75, 3.05) is 19.8 Å². The molecule has 0 aromatic heterocycles. The SMILES string of the molecule is NC[C@@H]1COC2CCOC21. The van der Waals surface area contributed by atoms with E-state index in [1.165, 1.54) is 0 Å². The molecule has 10 heavy (non-hydrogen) atoms. The summed E-state index contributed by atoms with van der Waals surface area (Å²) in [5, 5.41) is 0. The van der Waals surface area contributed by atoms with E-state index in [0.717, 1.165) is 19.6 Å². The molecule has 2 rings (SSSR count). The van der Waals surface area contributed by atoms with Gasteiger partial charge in [0.05, 0.1) is 18.8 Å². The summed E-state index contributed by atoms with van der Waals surface area (Å²) in [7, 11) is 0. The second kappa shape index (κ2) is 2.49. The molecule has 58 valence electrons. The van der Waals surface area contributed by atoms with Crippen molar-refractivity contribution in [3.63, 3.8) is 0 Å². The van der Waals surface area contributed by atoms with Gasteiger partial charge in [-0.2, -0.15) is 0 Å². The third-order valence-corrected chi connectivity index (χ3v) is 2.37. The third kappa shape index (κ3) is 0.856. The Morgan fingerprint density at radius 1 is 1.40 bits per heavy atom. The van der Waals surface area contributed by atoms with E-state index in [9.17, 15) is 0 Å². The van der Waals surface area contributed by atoms with Crippen LogP contribution >= 0.6 is 0 Å². The zero-order valence-corrected chi connectivity index (χ0v) is 5.95. The molecule has 2 saturated heterocycles. The van der Waals surface area contributed by atoms with Gasteiger partial charge in [-0.25, -0.2) is 0 Å². The van der Waals surface area contributed by atoms with Gasteiger partial charge in [0, 0.05) is 12.5 Å². The zero-order valence-electron chi connectivity index (χ0n) is 5.95. The van der Waals surface area contributed by atoms with Crippen LogP contribution in [0.5, 0.6) is 0 Å². The maximum atomic E-state index is 5.53. The second-order valence-electron chi connectivity index (χ2n) is 2.99. The predicted octanol–water partition coefficient (Wildman–Crippen LogP) is -0.251. The lowest BCUT2D eigenvalue weighted by molar-refractivity contribution is 0.0646. The number of nitrogens with two attached hydrogens (primary N) is 1. The molecule has 2 unspecified atom stereocenters. The Morgan fingerprint density at radius 3 is 3.10 bits per heavy atom. The van der Waals surface area contributed by atoms with Crippen LogP contribution in [0.2, 0.25) is 0 Å². The number of ether oxygens (including phenoxy) is 2. The van der Waals surface area contributed by atoms with Gasteiger partial charge in [0.15, 0.2) is 0 Å². The van der Waals surface area contributed by atoms with E-state index in [2.05, 4.69) is 0 Å². The van der Waals surface area contributed by atoms with Crippen LogP contribution in [0.3, 0.4) is 0 Å². The lowest BCUT2D eigenvalue weighted by Crippen LogP contribution is -2.28. The van der Waals surface area contributed by atoms with E-state index in [4.69, 9.17) is 15.2 Å². The molecule has 3 nitrogen and oxygen atoms in total. The molecule has 2 aliphatic heterocycles. The second-order valence-corrected chi connectivity index (χ2v) is 2.99. The van der Waals surface area contributed by atoms with Crippen molar-refractivity contribution in [1.29, 1.82) is 0 Å². The molecule has 0 aromatic carbocycles. The molecule has 3 atom stereocenters. The molecule has 2 fully saturated rings. The first-order chi connectivity index (χ1) is 4.92. The van der Waals surface area contributed by atoms with Gasteiger partial charge in [-0.1, -0.05) is 0 Å². The molecule has 0 saturated carbocycles. The Kier molecular flexibility index (Phi) is 1.64. The fourth-order valence-electron chi connectivity index (χ4n) is 1.75. The molecule has 0 amide bonds. The average Bonchev–Trinajstić information content (AvgIpc) is 2.44. The van der Waals surface area contributed by atoms with E-state index in [-0.39, 0.29) is 0 Å². The topological polar surface area (TPSA) is 44.5 Å². The Balaban J connectivity index is 2.01. The molecular formula is C7H13NO2. The minimum Gasteiger partial charge on any atom is -0.375 e. The number of hydrogen-bond donors (Lipinski definition) is 1.